The van der Waals surface area contributed by atoms with E-state index in [9.17, 15) is 0 Å². The minimum absolute atomic E-state index is 0.627. The Morgan fingerprint density at radius 1 is 1.11 bits per heavy atom. The fraction of sp³-hybridized carbons (Fsp3) is 0.267. The Hall–Kier alpha value is -1.87. The SMILES string of the molecule is Cc1ccc(N(CCN)Cc2ccccc2)nc1. The predicted molar refractivity (Wildman–Crippen MR) is 75.5 cm³/mol. The van der Waals surface area contributed by atoms with E-state index in [-0.39, 0.29) is 0 Å². The van der Waals surface area contributed by atoms with E-state index in [2.05, 4.69) is 40.2 Å². The van der Waals surface area contributed by atoms with E-state index in [1.54, 1.807) is 0 Å². The summed E-state index contributed by atoms with van der Waals surface area (Å²) in [5.41, 5.74) is 8.12. The lowest BCUT2D eigenvalue weighted by Gasteiger charge is -2.23. The van der Waals surface area contributed by atoms with Gasteiger partial charge in [0.05, 0.1) is 0 Å². The van der Waals surface area contributed by atoms with Crippen LogP contribution < -0.4 is 10.6 Å². The Kier molecular flexibility index (Phi) is 4.31. The molecule has 0 saturated heterocycles. The van der Waals surface area contributed by atoms with Gasteiger partial charge in [-0.2, -0.15) is 0 Å². The number of pyridine rings is 1. The van der Waals surface area contributed by atoms with Crippen LogP contribution in [0.5, 0.6) is 0 Å². The van der Waals surface area contributed by atoms with Crippen LogP contribution in [0.4, 0.5) is 5.82 Å². The van der Waals surface area contributed by atoms with Gasteiger partial charge in [-0.05, 0) is 24.1 Å². The van der Waals surface area contributed by atoms with Crippen molar-refractivity contribution in [1.29, 1.82) is 0 Å². The molecule has 0 aliphatic rings. The highest BCUT2D eigenvalue weighted by Gasteiger charge is 2.07. The monoisotopic (exact) mass is 241 g/mol. The lowest BCUT2D eigenvalue weighted by Crippen LogP contribution is -2.29. The molecule has 1 aromatic heterocycles. The first-order valence-electron chi connectivity index (χ1n) is 6.21. The van der Waals surface area contributed by atoms with E-state index in [0.29, 0.717) is 6.54 Å². The molecule has 2 N–H and O–H groups in total. The molecule has 0 unspecified atom stereocenters. The third-order valence-corrected chi connectivity index (χ3v) is 2.84. The Morgan fingerprint density at radius 3 is 2.50 bits per heavy atom. The van der Waals surface area contributed by atoms with Crippen LogP contribution in [0, 0.1) is 6.92 Å². The minimum Gasteiger partial charge on any atom is -0.351 e. The highest BCUT2D eigenvalue weighted by Crippen LogP contribution is 2.14. The molecule has 1 heterocycles. The Balaban J connectivity index is 2.15. The normalized spacial score (nSPS) is 10.3. The second kappa shape index (κ2) is 6.17. The summed E-state index contributed by atoms with van der Waals surface area (Å²) in [6, 6.07) is 14.5. The van der Waals surface area contributed by atoms with Crippen molar-refractivity contribution in [2.45, 2.75) is 13.5 Å². The Bertz CT molecular complexity index is 465. The van der Waals surface area contributed by atoms with E-state index in [4.69, 9.17) is 5.73 Å². The summed E-state index contributed by atoms with van der Waals surface area (Å²) >= 11 is 0. The van der Waals surface area contributed by atoms with Crippen molar-refractivity contribution in [3.8, 4) is 0 Å². The minimum atomic E-state index is 0.627. The zero-order valence-corrected chi connectivity index (χ0v) is 10.7. The summed E-state index contributed by atoms with van der Waals surface area (Å²) in [5, 5.41) is 0. The van der Waals surface area contributed by atoms with Crippen LogP contribution in [0.2, 0.25) is 0 Å². The largest absolute Gasteiger partial charge is 0.351 e. The maximum atomic E-state index is 5.68. The van der Waals surface area contributed by atoms with Gasteiger partial charge < -0.3 is 10.6 Å². The van der Waals surface area contributed by atoms with Gasteiger partial charge >= 0.3 is 0 Å². The van der Waals surface area contributed by atoms with Crippen LogP contribution in [-0.2, 0) is 6.54 Å². The molecule has 3 nitrogen and oxygen atoms in total. The van der Waals surface area contributed by atoms with E-state index >= 15 is 0 Å². The van der Waals surface area contributed by atoms with Gasteiger partial charge in [-0.15, -0.1) is 0 Å². The van der Waals surface area contributed by atoms with Crippen LogP contribution >= 0.6 is 0 Å². The molecule has 1 aromatic carbocycles. The summed E-state index contributed by atoms with van der Waals surface area (Å²) in [6.07, 6.45) is 1.89. The number of benzene rings is 1. The second-order valence-corrected chi connectivity index (χ2v) is 4.39. The van der Waals surface area contributed by atoms with Crippen molar-refractivity contribution in [3.63, 3.8) is 0 Å². The maximum Gasteiger partial charge on any atom is 0.128 e. The van der Waals surface area contributed by atoms with Crippen molar-refractivity contribution in [3.05, 3.63) is 59.8 Å². The van der Waals surface area contributed by atoms with E-state index in [1.165, 1.54) is 11.1 Å². The molecule has 0 spiro atoms. The number of rotatable bonds is 5. The molecule has 0 amide bonds. The quantitative estimate of drug-likeness (QED) is 0.873. The Labute approximate surface area is 108 Å². The van der Waals surface area contributed by atoms with Gasteiger partial charge in [0.25, 0.3) is 0 Å². The van der Waals surface area contributed by atoms with Gasteiger partial charge in [-0.25, -0.2) is 4.98 Å². The van der Waals surface area contributed by atoms with Crippen molar-refractivity contribution in [2.24, 2.45) is 5.73 Å². The van der Waals surface area contributed by atoms with Crippen molar-refractivity contribution >= 4 is 5.82 Å². The van der Waals surface area contributed by atoms with Crippen molar-refractivity contribution < 1.29 is 0 Å². The van der Waals surface area contributed by atoms with Gasteiger partial charge in [-0.3, -0.25) is 0 Å². The number of nitrogens with two attached hydrogens (primary N) is 1. The molecule has 2 rings (SSSR count). The number of nitrogens with zero attached hydrogens (tertiary/aromatic N) is 2. The molecule has 3 heteroatoms. The molecule has 0 aliphatic carbocycles. The third-order valence-electron chi connectivity index (χ3n) is 2.84. The predicted octanol–water partition coefficient (Wildman–Crippen LogP) is 2.36. The molecule has 0 radical (unpaired) electrons. The molecular weight excluding hydrogens is 222 g/mol. The number of hydrogen-bond acceptors (Lipinski definition) is 3. The zero-order valence-electron chi connectivity index (χ0n) is 10.7. The number of anilines is 1. The molecule has 0 aliphatic heterocycles. The summed E-state index contributed by atoms with van der Waals surface area (Å²) in [7, 11) is 0. The van der Waals surface area contributed by atoms with Crippen molar-refractivity contribution in [2.75, 3.05) is 18.0 Å². The molecular formula is C15H19N3. The topological polar surface area (TPSA) is 42.1 Å². The number of aromatic nitrogens is 1. The second-order valence-electron chi connectivity index (χ2n) is 4.39. The first-order chi connectivity index (χ1) is 8.79. The maximum absolute atomic E-state index is 5.68. The Morgan fingerprint density at radius 2 is 1.89 bits per heavy atom. The molecule has 0 saturated carbocycles. The van der Waals surface area contributed by atoms with E-state index in [1.807, 2.05) is 25.3 Å². The van der Waals surface area contributed by atoms with Crippen LogP contribution in [0.1, 0.15) is 11.1 Å². The third kappa shape index (κ3) is 3.31. The van der Waals surface area contributed by atoms with Crippen LogP contribution in [0.3, 0.4) is 0 Å². The smallest absolute Gasteiger partial charge is 0.128 e. The number of hydrogen-bond donors (Lipinski definition) is 1. The average molecular weight is 241 g/mol. The summed E-state index contributed by atoms with van der Waals surface area (Å²) in [5.74, 6) is 0.981. The average Bonchev–Trinajstić information content (AvgIpc) is 2.40. The highest BCUT2D eigenvalue weighted by molar-refractivity contribution is 5.40. The van der Waals surface area contributed by atoms with Gasteiger partial charge in [-0.1, -0.05) is 36.4 Å². The lowest BCUT2D eigenvalue weighted by atomic mass is 10.2. The molecule has 0 bridgehead atoms. The number of aryl methyl sites for hydroxylation is 1. The van der Waals surface area contributed by atoms with Gasteiger partial charge in [0.2, 0.25) is 0 Å². The first-order valence-corrected chi connectivity index (χ1v) is 6.21. The standard InChI is InChI=1S/C15H19N3/c1-13-7-8-15(17-11-13)18(10-9-16)12-14-5-3-2-4-6-14/h2-8,11H,9-10,12,16H2,1H3. The van der Waals surface area contributed by atoms with E-state index < -0.39 is 0 Å². The molecule has 94 valence electrons. The fourth-order valence-corrected chi connectivity index (χ4v) is 1.88. The highest BCUT2D eigenvalue weighted by atomic mass is 15.2. The summed E-state index contributed by atoms with van der Waals surface area (Å²) in [4.78, 5) is 6.67. The fourth-order valence-electron chi connectivity index (χ4n) is 1.88. The first kappa shape index (κ1) is 12.6. The summed E-state index contributed by atoms with van der Waals surface area (Å²) in [6.45, 7) is 4.32. The molecule has 0 atom stereocenters. The zero-order chi connectivity index (χ0) is 12.8. The van der Waals surface area contributed by atoms with Crippen LogP contribution in [-0.4, -0.2) is 18.1 Å². The van der Waals surface area contributed by atoms with Gasteiger partial charge in [0, 0.05) is 25.8 Å². The van der Waals surface area contributed by atoms with Crippen LogP contribution in [0.15, 0.2) is 48.7 Å². The summed E-state index contributed by atoms with van der Waals surface area (Å²) < 4.78 is 0. The lowest BCUT2D eigenvalue weighted by molar-refractivity contribution is 0.775. The van der Waals surface area contributed by atoms with Gasteiger partial charge in [0.15, 0.2) is 0 Å². The van der Waals surface area contributed by atoms with Gasteiger partial charge in [0.1, 0.15) is 5.82 Å². The van der Waals surface area contributed by atoms with Crippen molar-refractivity contribution in [1.82, 2.24) is 4.98 Å². The molecule has 18 heavy (non-hydrogen) atoms. The van der Waals surface area contributed by atoms with Crippen LogP contribution in [0.25, 0.3) is 0 Å². The molecule has 2 aromatic rings. The van der Waals surface area contributed by atoms with E-state index in [0.717, 1.165) is 18.9 Å². The molecule has 0 fully saturated rings.